The van der Waals surface area contributed by atoms with Gasteiger partial charge in [-0.2, -0.15) is 4.99 Å². The lowest BCUT2D eigenvalue weighted by Gasteiger charge is -2.22. The molecule has 0 N–H and O–H groups in total. The number of amides is 2. The Balaban J connectivity index is 1.61. The molecule has 6 heteroatoms. The average Bonchev–Trinajstić information content (AvgIpc) is 3.28. The number of carbonyl (C=O) groups is 2. The molecule has 4 rings (SSSR count). The second kappa shape index (κ2) is 7.95. The molecule has 5 nitrogen and oxygen atoms in total. The molecule has 1 aliphatic rings. The molecule has 2 atom stereocenters. The quantitative estimate of drug-likeness (QED) is 0.650. The van der Waals surface area contributed by atoms with Gasteiger partial charge in [0.2, 0.25) is 5.91 Å². The number of benzene rings is 2. The van der Waals surface area contributed by atoms with Crippen LogP contribution in [0.1, 0.15) is 38.2 Å². The Kier molecular flexibility index (Phi) is 5.37. The smallest absolute Gasteiger partial charge is 0.253 e. The molecule has 1 aliphatic heterocycles. The van der Waals surface area contributed by atoms with E-state index >= 15 is 0 Å². The predicted octanol–water partition coefficient (Wildman–Crippen LogP) is 4.23. The Hall–Kier alpha value is -2.73. The molecular formula is C23H25N3O2S. The van der Waals surface area contributed by atoms with Crippen molar-refractivity contribution in [3.8, 4) is 0 Å². The molecule has 0 radical (unpaired) electrons. The number of carbonyl (C=O) groups excluding carboxylic acids is 2. The third kappa shape index (κ3) is 3.65. The largest absolute Gasteiger partial charge is 0.319 e. The van der Waals surface area contributed by atoms with Crippen molar-refractivity contribution in [2.75, 3.05) is 11.4 Å². The normalized spacial score (nSPS) is 18.6. The summed E-state index contributed by atoms with van der Waals surface area (Å²) in [5.74, 6) is -0.271. The van der Waals surface area contributed by atoms with Crippen LogP contribution < -0.4 is 9.70 Å². The Labute approximate surface area is 174 Å². The van der Waals surface area contributed by atoms with E-state index in [9.17, 15) is 9.59 Å². The standard InChI is InChI=1S/C23H25N3O2S/c1-4-15(2)17-9-5-6-10-18(17)26-14-16(13-21(26)27)22(28)24-23-25(3)19-11-7-8-12-20(19)29-23/h5-12,15-16H,4,13-14H2,1-3H3/t15-,16+/m0/s1. The van der Waals surface area contributed by atoms with Gasteiger partial charge in [0, 0.05) is 25.7 Å². The van der Waals surface area contributed by atoms with Crippen LogP contribution in [0.2, 0.25) is 0 Å². The average molecular weight is 408 g/mol. The first-order valence-corrected chi connectivity index (χ1v) is 10.8. The van der Waals surface area contributed by atoms with E-state index in [1.165, 1.54) is 11.3 Å². The van der Waals surface area contributed by atoms with Gasteiger partial charge in [-0.05, 0) is 36.1 Å². The van der Waals surface area contributed by atoms with E-state index in [2.05, 4.69) is 24.9 Å². The molecule has 2 heterocycles. The van der Waals surface area contributed by atoms with Crippen LogP contribution >= 0.6 is 11.3 Å². The molecule has 2 aromatic carbocycles. The lowest BCUT2D eigenvalue weighted by molar-refractivity contribution is -0.123. The molecule has 1 saturated heterocycles. The summed E-state index contributed by atoms with van der Waals surface area (Å²) < 4.78 is 3.03. The highest BCUT2D eigenvalue weighted by Crippen LogP contribution is 2.33. The summed E-state index contributed by atoms with van der Waals surface area (Å²) in [6.07, 6.45) is 1.21. The van der Waals surface area contributed by atoms with E-state index in [1.807, 2.05) is 54.1 Å². The highest BCUT2D eigenvalue weighted by molar-refractivity contribution is 7.16. The van der Waals surface area contributed by atoms with E-state index in [1.54, 1.807) is 4.90 Å². The maximum absolute atomic E-state index is 12.9. The Morgan fingerprint density at radius 3 is 2.69 bits per heavy atom. The van der Waals surface area contributed by atoms with Crippen molar-refractivity contribution in [1.29, 1.82) is 0 Å². The summed E-state index contributed by atoms with van der Waals surface area (Å²) in [6, 6.07) is 16.0. The first-order chi connectivity index (χ1) is 14.0. The number of fused-ring (bicyclic) bond motifs is 1. The minimum absolute atomic E-state index is 0.00461. The summed E-state index contributed by atoms with van der Waals surface area (Å²) >= 11 is 1.50. The maximum atomic E-state index is 12.9. The molecule has 29 heavy (non-hydrogen) atoms. The lowest BCUT2D eigenvalue weighted by Crippen LogP contribution is -2.27. The summed E-state index contributed by atoms with van der Waals surface area (Å²) in [4.78, 5) is 32.4. The Bertz CT molecular complexity index is 1140. The van der Waals surface area contributed by atoms with Crippen LogP contribution in [-0.4, -0.2) is 22.9 Å². The first kappa shape index (κ1) is 19.6. The number of para-hydroxylation sites is 2. The zero-order chi connectivity index (χ0) is 20.5. The van der Waals surface area contributed by atoms with Gasteiger partial charge in [-0.3, -0.25) is 9.59 Å². The SMILES string of the molecule is CC[C@H](C)c1ccccc1N1C[C@H](C(=O)N=c2sc3ccccc3n2C)CC1=O. The number of thiazole rings is 1. The third-order valence-corrected chi connectivity index (χ3v) is 6.88. The Morgan fingerprint density at radius 2 is 1.93 bits per heavy atom. The van der Waals surface area contributed by atoms with E-state index < -0.39 is 5.92 Å². The van der Waals surface area contributed by atoms with Gasteiger partial charge < -0.3 is 9.47 Å². The van der Waals surface area contributed by atoms with Crippen LogP contribution in [0.3, 0.4) is 0 Å². The fourth-order valence-corrected chi connectivity index (χ4v) is 4.87. The van der Waals surface area contributed by atoms with Crippen LogP contribution in [0.5, 0.6) is 0 Å². The molecule has 1 fully saturated rings. The van der Waals surface area contributed by atoms with Crippen LogP contribution in [0.4, 0.5) is 5.69 Å². The molecule has 0 saturated carbocycles. The number of hydrogen-bond donors (Lipinski definition) is 0. The molecular weight excluding hydrogens is 382 g/mol. The number of rotatable bonds is 4. The molecule has 3 aromatic rings. The molecule has 0 spiro atoms. The third-order valence-electron chi connectivity index (χ3n) is 5.77. The van der Waals surface area contributed by atoms with E-state index in [-0.39, 0.29) is 18.2 Å². The summed E-state index contributed by atoms with van der Waals surface area (Å²) in [7, 11) is 1.92. The van der Waals surface area contributed by atoms with Crippen molar-refractivity contribution in [3.05, 3.63) is 58.9 Å². The number of hydrogen-bond acceptors (Lipinski definition) is 3. The van der Waals surface area contributed by atoms with Gasteiger partial charge in [0.25, 0.3) is 5.91 Å². The van der Waals surface area contributed by atoms with E-state index in [4.69, 9.17) is 0 Å². The zero-order valence-corrected chi connectivity index (χ0v) is 17.8. The van der Waals surface area contributed by atoms with Crippen molar-refractivity contribution in [2.24, 2.45) is 18.0 Å². The van der Waals surface area contributed by atoms with Gasteiger partial charge in [0.15, 0.2) is 4.80 Å². The van der Waals surface area contributed by atoms with Crippen LogP contribution in [0.25, 0.3) is 10.2 Å². The predicted molar refractivity (Wildman–Crippen MR) is 117 cm³/mol. The lowest BCUT2D eigenvalue weighted by atomic mass is 9.96. The van der Waals surface area contributed by atoms with Crippen molar-refractivity contribution < 1.29 is 9.59 Å². The van der Waals surface area contributed by atoms with Gasteiger partial charge in [0.1, 0.15) is 0 Å². The fourth-order valence-electron chi connectivity index (χ4n) is 3.85. The number of anilines is 1. The van der Waals surface area contributed by atoms with E-state index in [0.717, 1.165) is 27.9 Å². The van der Waals surface area contributed by atoms with Crippen molar-refractivity contribution in [2.45, 2.75) is 32.6 Å². The molecule has 2 amide bonds. The maximum Gasteiger partial charge on any atom is 0.253 e. The van der Waals surface area contributed by atoms with Crippen LogP contribution in [0.15, 0.2) is 53.5 Å². The summed E-state index contributed by atoms with van der Waals surface area (Å²) in [5, 5.41) is 0. The van der Waals surface area contributed by atoms with Crippen LogP contribution in [0, 0.1) is 5.92 Å². The zero-order valence-electron chi connectivity index (χ0n) is 17.0. The summed E-state index contributed by atoms with van der Waals surface area (Å²) in [5.41, 5.74) is 3.13. The van der Waals surface area contributed by atoms with Gasteiger partial charge >= 0.3 is 0 Å². The van der Waals surface area contributed by atoms with Gasteiger partial charge in [-0.1, -0.05) is 55.5 Å². The summed E-state index contributed by atoms with van der Waals surface area (Å²) in [6.45, 7) is 4.70. The monoisotopic (exact) mass is 407 g/mol. The van der Waals surface area contributed by atoms with E-state index in [0.29, 0.717) is 17.3 Å². The van der Waals surface area contributed by atoms with Gasteiger partial charge in [0.05, 0.1) is 16.1 Å². The minimum Gasteiger partial charge on any atom is -0.319 e. The first-order valence-electron chi connectivity index (χ1n) is 10.0. The molecule has 0 bridgehead atoms. The van der Waals surface area contributed by atoms with Crippen molar-refractivity contribution >= 4 is 39.1 Å². The molecule has 150 valence electrons. The minimum atomic E-state index is -0.405. The Morgan fingerprint density at radius 1 is 1.21 bits per heavy atom. The van der Waals surface area contributed by atoms with Crippen molar-refractivity contribution in [1.82, 2.24) is 4.57 Å². The highest BCUT2D eigenvalue weighted by Gasteiger charge is 2.36. The van der Waals surface area contributed by atoms with Gasteiger partial charge in [-0.15, -0.1) is 0 Å². The number of aromatic nitrogens is 1. The fraction of sp³-hybridized carbons (Fsp3) is 0.348. The molecule has 0 unspecified atom stereocenters. The number of nitrogens with zero attached hydrogens (tertiary/aromatic N) is 3. The second-order valence-corrected chi connectivity index (χ2v) is 8.64. The topological polar surface area (TPSA) is 54.7 Å². The van der Waals surface area contributed by atoms with Crippen LogP contribution in [-0.2, 0) is 16.6 Å². The number of aryl methyl sites for hydroxylation is 1. The molecule has 0 aliphatic carbocycles. The highest BCUT2D eigenvalue weighted by atomic mass is 32.1. The van der Waals surface area contributed by atoms with Crippen molar-refractivity contribution in [3.63, 3.8) is 0 Å². The van der Waals surface area contributed by atoms with Gasteiger partial charge in [-0.25, -0.2) is 0 Å². The molecule has 1 aromatic heterocycles. The second-order valence-electron chi connectivity index (χ2n) is 7.63.